The minimum atomic E-state index is 0.187. The van der Waals surface area contributed by atoms with Crippen molar-refractivity contribution in [3.63, 3.8) is 0 Å². The van der Waals surface area contributed by atoms with Crippen LogP contribution in [0.1, 0.15) is 52.8 Å². The van der Waals surface area contributed by atoms with Crippen LogP contribution in [0.5, 0.6) is 0 Å². The summed E-state index contributed by atoms with van der Waals surface area (Å²) in [7, 11) is 0. The van der Waals surface area contributed by atoms with Crippen LogP contribution in [0.3, 0.4) is 0 Å². The molecular formula is C15H26ClN3. The average Bonchev–Trinajstić information content (AvgIpc) is 2.74. The van der Waals surface area contributed by atoms with Gasteiger partial charge in [-0.1, -0.05) is 27.2 Å². The van der Waals surface area contributed by atoms with Crippen molar-refractivity contribution in [1.29, 1.82) is 0 Å². The molecular weight excluding hydrogens is 258 g/mol. The Bertz CT molecular complexity index is 413. The second-order valence-corrected chi connectivity index (χ2v) is 7.26. The molecule has 1 aliphatic rings. The normalized spacial score (nSPS) is 28.6. The van der Waals surface area contributed by atoms with E-state index in [1.54, 1.807) is 6.33 Å². The molecule has 0 spiro atoms. The molecule has 3 nitrogen and oxygen atoms in total. The molecule has 1 saturated carbocycles. The van der Waals surface area contributed by atoms with Gasteiger partial charge in [-0.15, -0.1) is 11.6 Å². The van der Waals surface area contributed by atoms with Gasteiger partial charge >= 0.3 is 0 Å². The van der Waals surface area contributed by atoms with Gasteiger partial charge in [0.05, 0.1) is 0 Å². The maximum absolute atomic E-state index is 6.63. The number of hydrogen-bond acceptors (Lipinski definition) is 2. The third-order valence-electron chi connectivity index (χ3n) is 4.65. The lowest BCUT2D eigenvalue weighted by molar-refractivity contribution is 0.138. The molecule has 3 unspecified atom stereocenters. The summed E-state index contributed by atoms with van der Waals surface area (Å²) in [6.45, 7) is 9.97. The highest BCUT2D eigenvalue weighted by atomic mass is 35.5. The van der Waals surface area contributed by atoms with Crippen LogP contribution in [0, 0.1) is 17.3 Å². The van der Waals surface area contributed by atoms with Gasteiger partial charge in [-0.05, 0) is 37.0 Å². The second kappa shape index (κ2) is 5.82. The van der Waals surface area contributed by atoms with E-state index < -0.39 is 0 Å². The van der Waals surface area contributed by atoms with Crippen molar-refractivity contribution in [2.75, 3.05) is 0 Å². The molecule has 1 aromatic heterocycles. The monoisotopic (exact) mass is 283 g/mol. The van der Waals surface area contributed by atoms with Crippen molar-refractivity contribution in [3.05, 3.63) is 12.2 Å². The van der Waals surface area contributed by atoms with E-state index in [9.17, 15) is 0 Å². The van der Waals surface area contributed by atoms with Crippen molar-refractivity contribution in [2.24, 2.45) is 17.3 Å². The summed E-state index contributed by atoms with van der Waals surface area (Å²) < 4.78 is 2.00. The summed E-state index contributed by atoms with van der Waals surface area (Å²) in [5, 5.41) is 4.57. The Morgan fingerprint density at radius 1 is 1.42 bits per heavy atom. The Hall–Kier alpha value is -0.570. The molecule has 108 valence electrons. The zero-order valence-corrected chi connectivity index (χ0v) is 13.3. The summed E-state index contributed by atoms with van der Waals surface area (Å²) in [6, 6.07) is 0. The molecule has 2 rings (SSSR count). The number of hydrogen-bond donors (Lipinski definition) is 0. The first-order valence-corrected chi connectivity index (χ1v) is 7.88. The van der Waals surface area contributed by atoms with Crippen LogP contribution in [-0.2, 0) is 13.0 Å². The molecule has 0 saturated heterocycles. The maximum atomic E-state index is 6.63. The molecule has 0 aromatic carbocycles. The largest absolute Gasteiger partial charge is 0.250 e. The molecule has 1 heterocycles. The Balaban J connectivity index is 2.09. The predicted octanol–water partition coefficient (Wildman–Crippen LogP) is 3.91. The van der Waals surface area contributed by atoms with Crippen LogP contribution >= 0.6 is 11.6 Å². The molecule has 4 heteroatoms. The third-order valence-corrected chi connectivity index (χ3v) is 5.13. The summed E-state index contributed by atoms with van der Waals surface area (Å²) >= 11 is 6.63. The van der Waals surface area contributed by atoms with Crippen LogP contribution in [0.15, 0.2) is 6.33 Å². The summed E-state index contributed by atoms with van der Waals surface area (Å²) in [6.07, 6.45) is 6.32. The van der Waals surface area contributed by atoms with Gasteiger partial charge in [0.1, 0.15) is 12.2 Å². The van der Waals surface area contributed by atoms with Gasteiger partial charge in [0.25, 0.3) is 0 Å². The van der Waals surface area contributed by atoms with Crippen LogP contribution < -0.4 is 0 Å². The first-order chi connectivity index (χ1) is 8.94. The van der Waals surface area contributed by atoms with E-state index in [0.717, 1.165) is 31.1 Å². The highest BCUT2D eigenvalue weighted by molar-refractivity contribution is 6.20. The molecule has 3 atom stereocenters. The molecule has 1 aliphatic carbocycles. The highest BCUT2D eigenvalue weighted by Gasteiger charge is 2.38. The fourth-order valence-electron chi connectivity index (χ4n) is 3.42. The van der Waals surface area contributed by atoms with Crippen molar-refractivity contribution >= 4 is 11.6 Å². The van der Waals surface area contributed by atoms with Crippen molar-refractivity contribution in [2.45, 2.75) is 65.3 Å². The van der Waals surface area contributed by atoms with E-state index in [1.165, 1.54) is 12.8 Å². The standard InChI is InChI=1S/C15H26ClN3/c1-5-19-14(17-10-18-19)9-15(3,4)12-7-6-11(2)8-13(12)16/h10-13H,5-9H2,1-4H3. The number of aromatic nitrogens is 3. The predicted molar refractivity (Wildman–Crippen MR) is 79.3 cm³/mol. The highest BCUT2D eigenvalue weighted by Crippen LogP contribution is 2.44. The quantitative estimate of drug-likeness (QED) is 0.785. The van der Waals surface area contributed by atoms with Gasteiger partial charge in [-0.2, -0.15) is 5.10 Å². The van der Waals surface area contributed by atoms with Crippen LogP contribution in [-0.4, -0.2) is 20.1 Å². The van der Waals surface area contributed by atoms with Gasteiger partial charge < -0.3 is 0 Å². The Morgan fingerprint density at radius 3 is 2.79 bits per heavy atom. The van der Waals surface area contributed by atoms with Gasteiger partial charge in [0, 0.05) is 18.3 Å². The van der Waals surface area contributed by atoms with E-state index in [1.807, 2.05) is 4.68 Å². The first kappa shape index (κ1) is 14.8. The van der Waals surface area contributed by atoms with Crippen LogP contribution in [0.2, 0.25) is 0 Å². The topological polar surface area (TPSA) is 30.7 Å². The van der Waals surface area contributed by atoms with E-state index in [-0.39, 0.29) is 5.41 Å². The maximum Gasteiger partial charge on any atom is 0.138 e. The number of nitrogens with zero attached hydrogens (tertiary/aromatic N) is 3. The lowest BCUT2D eigenvalue weighted by atomic mass is 9.67. The van der Waals surface area contributed by atoms with Crippen LogP contribution in [0.4, 0.5) is 0 Å². The van der Waals surface area contributed by atoms with E-state index in [2.05, 4.69) is 37.8 Å². The lowest BCUT2D eigenvalue weighted by Gasteiger charge is -2.41. The number of alkyl halides is 1. The van der Waals surface area contributed by atoms with Gasteiger partial charge in [0.2, 0.25) is 0 Å². The summed E-state index contributed by atoms with van der Waals surface area (Å²) in [5.74, 6) is 2.44. The third kappa shape index (κ3) is 3.31. The van der Waals surface area contributed by atoms with E-state index in [4.69, 9.17) is 11.6 Å². The minimum absolute atomic E-state index is 0.187. The zero-order valence-electron chi connectivity index (χ0n) is 12.6. The first-order valence-electron chi connectivity index (χ1n) is 7.44. The summed E-state index contributed by atoms with van der Waals surface area (Å²) in [5.41, 5.74) is 0.187. The van der Waals surface area contributed by atoms with Crippen molar-refractivity contribution in [1.82, 2.24) is 14.8 Å². The number of halogens is 1. The second-order valence-electron chi connectivity index (χ2n) is 6.70. The van der Waals surface area contributed by atoms with Gasteiger partial charge in [-0.25, -0.2) is 4.98 Å². The Morgan fingerprint density at radius 2 is 2.16 bits per heavy atom. The average molecular weight is 284 g/mol. The van der Waals surface area contributed by atoms with Crippen molar-refractivity contribution in [3.8, 4) is 0 Å². The zero-order chi connectivity index (χ0) is 14.0. The van der Waals surface area contributed by atoms with Crippen LogP contribution in [0.25, 0.3) is 0 Å². The fraction of sp³-hybridized carbons (Fsp3) is 0.867. The number of rotatable bonds is 4. The van der Waals surface area contributed by atoms with Crippen molar-refractivity contribution < 1.29 is 0 Å². The molecule has 1 aromatic rings. The smallest absolute Gasteiger partial charge is 0.138 e. The Kier molecular flexibility index (Phi) is 4.54. The van der Waals surface area contributed by atoms with E-state index >= 15 is 0 Å². The minimum Gasteiger partial charge on any atom is -0.250 e. The lowest BCUT2D eigenvalue weighted by Crippen LogP contribution is -2.37. The fourth-order valence-corrected chi connectivity index (χ4v) is 4.19. The molecule has 0 N–H and O–H groups in total. The van der Waals surface area contributed by atoms with Gasteiger partial charge in [0.15, 0.2) is 0 Å². The SMILES string of the molecule is CCn1ncnc1CC(C)(C)C1CCC(C)CC1Cl. The molecule has 19 heavy (non-hydrogen) atoms. The van der Waals surface area contributed by atoms with E-state index in [0.29, 0.717) is 11.3 Å². The molecule has 0 radical (unpaired) electrons. The molecule has 0 bridgehead atoms. The molecule has 1 fully saturated rings. The summed E-state index contributed by atoms with van der Waals surface area (Å²) in [4.78, 5) is 4.42. The number of aryl methyl sites for hydroxylation is 1. The molecule has 0 amide bonds. The van der Waals surface area contributed by atoms with Gasteiger partial charge in [-0.3, -0.25) is 4.68 Å². The Labute approximate surface area is 121 Å². The molecule has 0 aliphatic heterocycles.